The summed E-state index contributed by atoms with van der Waals surface area (Å²) in [5.74, 6) is 0. The summed E-state index contributed by atoms with van der Waals surface area (Å²) in [6.45, 7) is 19.7. The standard InChI is InChI=1S/C20H44N2O3/c1-9-19(7,10-2)21-17(15-23-13-5)25-18(16-24-14-6)22-20(8,11-3)12-4/h17-18,21-22H,9-16H2,1-8H3. The molecule has 0 saturated carbocycles. The van der Waals surface area contributed by atoms with Crippen molar-refractivity contribution in [3.8, 4) is 0 Å². The zero-order chi connectivity index (χ0) is 19.3. The summed E-state index contributed by atoms with van der Waals surface area (Å²) < 4.78 is 17.7. The molecule has 0 aliphatic rings. The van der Waals surface area contributed by atoms with E-state index in [1.807, 2.05) is 13.8 Å². The molecule has 0 radical (unpaired) electrons. The van der Waals surface area contributed by atoms with Crippen molar-refractivity contribution in [1.82, 2.24) is 10.6 Å². The fourth-order valence-corrected chi connectivity index (χ4v) is 2.56. The topological polar surface area (TPSA) is 51.8 Å². The molecule has 0 heterocycles. The lowest BCUT2D eigenvalue weighted by Crippen LogP contribution is -2.56. The summed E-state index contributed by atoms with van der Waals surface area (Å²) in [7, 11) is 0. The fourth-order valence-electron chi connectivity index (χ4n) is 2.56. The fraction of sp³-hybridized carbons (Fsp3) is 1.00. The number of hydrogen-bond donors (Lipinski definition) is 2. The molecule has 0 aromatic heterocycles. The molecule has 0 amide bonds. The van der Waals surface area contributed by atoms with Crippen LogP contribution in [0.4, 0.5) is 0 Å². The number of hydrogen-bond acceptors (Lipinski definition) is 5. The molecular weight excluding hydrogens is 316 g/mol. The van der Waals surface area contributed by atoms with Crippen LogP contribution in [0.25, 0.3) is 0 Å². The van der Waals surface area contributed by atoms with Gasteiger partial charge >= 0.3 is 0 Å². The molecule has 25 heavy (non-hydrogen) atoms. The van der Waals surface area contributed by atoms with Crippen molar-refractivity contribution in [2.24, 2.45) is 0 Å². The molecule has 2 N–H and O–H groups in total. The first-order valence-electron chi connectivity index (χ1n) is 10.2. The van der Waals surface area contributed by atoms with Crippen molar-refractivity contribution < 1.29 is 14.2 Å². The van der Waals surface area contributed by atoms with Crippen molar-refractivity contribution in [1.29, 1.82) is 0 Å². The molecule has 2 atom stereocenters. The first-order chi connectivity index (χ1) is 11.8. The Morgan fingerprint density at radius 3 is 1.20 bits per heavy atom. The van der Waals surface area contributed by atoms with E-state index >= 15 is 0 Å². The zero-order valence-electron chi connectivity index (χ0n) is 18.0. The minimum Gasteiger partial charge on any atom is -0.378 e. The summed E-state index contributed by atoms with van der Waals surface area (Å²) in [4.78, 5) is 0. The van der Waals surface area contributed by atoms with E-state index in [2.05, 4.69) is 52.2 Å². The van der Waals surface area contributed by atoms with Crippen molar-refractivity contribution in [3.63, 3.8) is 0 Å². The van der Waals surface area contributed by atoms with Gasteiger partial charge in [-0.15, -0.1) is 0 Å². The lowest BCUT2D eigenvalue weighted by Gasteiger charge is -2.38. The Balaban J connectivity index is 5.08. The molecule has 0 aromatic rings. The third-order valence-corrected chi connectivity index (χ3v) is 5.42. The van der Waals surface area contributed by atoms with E-state index in [-0.39, 0.29) is 23.5 Å². The van der Waals surface area contributed by atoms with Gasteiger partial charge in [0.15, 0.2) is 0 Å². The molecule has 5 nitrogen and oxygen atoms in total. The van der Waals surface area contributed by atoms with Crippen LogP contribution in [0.15, 0.2) is 0 Å². The first-order valence-corrected chi connectivity index (χ1v) is 10.2. The van der Waals surface area contributed by atoms with Crippen LogP contribution in [0.2, 0.25) is 0 Å². The van der Waals surface area contributed by atoms with Crippen molar-refractivity contribution in [2.45, 2.75) is 105 Å². The normalized spacial score (nSPS) is 15.4. The smallest absolute Gasteiger partial charge is 0.134 e. The van der Waals surface area contributed by atoms with E-state index in [0.717, 1.165) is 25.7 Å². The summed E-state index contributed by atoms with van der Waals surface area (Å²) in [6.07, 6.45) is 3.84. The minimum atomic E-state index is -0.166. The van der Waals surface area contributed by atoms with Gasteiger partial charge in [-0.1, -0.05) is 27.7 Å². The molecule has 5 heteroatoms. The molecule has 0 aliphatic heterocycles. The van der Waals surface area contributed by atoms with Gasteiger partial charge in [0.05, 0.1) is 13.2 Å². The highest BCUT2D eigenvalue weighted by atomic mass is 16.6. The van der Waals surface area contributed by atoms with Gasteiger partial charge in [0.25, 0.3) is 0 Å². The highest BCUT2D eigenvalue weighted by molar-refractivity contribution is 4.84. The second-order valence-corrected chi connectivity index (χ2v) is 7.26. The monoisotopic (exact) mass is 360 g/mol. The molecule has 0 spiro atoms. The predicted molar refractivity (Wildman–Crippen MR) is 106 cm³/mol. The van der Waals surface area contributed by atoms with Crippen molar-refractivity contribution in [2.75, 3.05) is 26.4 Å². The first kappa shape index (κ1) is 24.8. The lowest BCUT2D eigenvalue weighted by molar-refractivity contribution is -0.125. The van der Waals surface area contributed by atoms with Crippen LogP contribution >= 0.6 is 0 Å². The van der Waals surface area contributed by atoms with Gasteiger partial charge < -0.3 is 14.2 Å². The van der Waals surface area contributed by atoms with E-state index in [0.29, 0.717) is 26.4 Å². The summed E-state index contributed by atoms with van der Waals surface area (Å²) in [5, 5.41) is 7.30. The third-order valence-electron chi connectivity index (χ3n) is 5.42. The van der Waals surface area contributed by atoms with Gasteiger partial charge in [-0.2, -0.15) is 0 Å². The molecule has 0 rings (SSSR count). The third kappa shape index (κ3) is 9.90. The van der Waals surface area contributed by atoms with Gasteiger partial charge in [0, 0.05) is 24.3 Å². The average Bonchev–Trinajstić information content (AvgIpc) is 2.63. The maximum atomic E-state index is 6.38. The second-order valence-electron chi connectivity index (χ2n) is 7.26. The Morgan fingerprint density at radius 2 is 0.960 bits per heavy atom. The van der Waals surface area contributed by atoms with E-state index in [4.69, 9.17) is 14.2 Å². The van der Waals surface area contributed by atoms with E-state index in [1.165, 1.54) is 0 Å². The molecule has 0 saturated heterocycles. The van der Waals surface area contributed by atoms with Gasteiger partial charge in [-0.05, 0) is 53.4 Å². The van der Waals surface area contributed by atoms with Crippen molar-refractivity contribution in [3.05, 3.63) is 0 Å². The Morgan fingerprint density at radius 1 is 0.640 bits per heavy atom. The van der Waals surface area contributed by atoms with Crippen LogP contribution in [0, 0.1) is 0 Å². The van der Waals surface area contributed by atoms with Crippen LogP contribution in [0.3, 0.4) is 0 Å². The highest BCUT2D eigenvalue weighted by Crippen LogP contribution is 2.18. The quantitative estimate of drug-likeness (QED) is 0.406. The Labute approximate surface area is 156 Å². The molecule has 152 valence electrons. The highest BCUT2D eigenvalue weighted by Gasteiger charge is 2.29. The maximum Gasteiger partial charge on any atom is 0.134 e. The largest absolute Gasteiger partial charge is 0.378 e. The van der Waals surface area contributed by atoms with Crippen LogP contribution in [-0.4, -0.2) is 50.0 Å². The summed E-state index contributed by atoms with van der Waals surface area (Å²) in [6, 6.07) is 0. The molecule has 0 bridgehead atoms. The number of rotatable bonds is 16. The molecule has 0 aromatic carbocycles. The van der Waals surface area contributed by atoms with Crippen molar-refractivity contribution >= 4 is 0 Å². The minimum absolute atomic E-state index is 0.0384. The molecular formula is C20H44N2O3. The molecule has 2 unspecified atom stereocenters. The van der Waals surface area contributed by atoms with Crippen LogP contribution in [0.1, 0.15) is 81.1 Å². The van der Waals surface area contributed by atoms with Gasteiger partial charge in [0.1, 0.15) is 12.5 Å². The van der Waals surface area contributed by atoms with Crippen LogP contribution in [0.5, 0.6) is 0 Å². The summed E-state index contributed by atoms with van der Waals surface area (Å²) >= 11 is 0. The molecule has 0 aliphatic carbocycles. The lowest BCUT2D eigenvalue weighted by atomic mass is 9.95. The van der Waals surface area contributed by atoms with E-state index in [9.17, 15) is 0 Å². The van der Waals surface area contributed by atoms with E-state index < -0.39 is 0 Å². The maximum absolute atomic E-state index is 6.38. The average molecular weight is 361 g/mol. The Bertz CT molecular complexity index is 288. The van der Waals surface area contributed by atoms with Crippen LogP contribution in [-0.2, 0) is 14.2 Å². The Kier molecular flexibility index (Phi) is 12.9. The predicted octanol–water partition coefficient (Wildman–Crippen LogP) is 4.06. The summed E-state index contributed by atoms with van der Waals surface area (Å²) in [5.41, 5.74) is 0.0769. The van der Waals surface area contributed by atoms with Gasteiger partial charge in [0.2, 0.25) is 0 Å². The Hall–Kier alpha value is -0.200. The van der Waals surface area contributed by atoms with Gasteiger partial charge in [-0.25, -0.2) is 0 Å². The number of ether oxygens (including phenoxy) is 3. The number of nitrogens with one attached hydrogen (secondary N) is 2. The molecule has 0 fully saturated rings. The van der Waals surface area contributed by atoms with E-state index in [1.54, 1.807) is 0 Å². The zero-order valence-corrected chi connectivity index (χ0v) is 18.0. The van der Waals surface area contributed by atoms with Crippen LogP contribution < -0.4 is 10.6 Å². The second kappa shape index (κ2) is 13.0. The SMILES string of the molecule is CCOCC(NC(C)(CC)CC)OC(COCC)NC(C)(CC)CC. The van der Waals surface area contributed by atoms with Gasteiger partial charge in [-0.3, -0.25) is 10.6 Å².